The molecule has 3 N–H and O–H groups in total. The number of hydrogen-bond acceptors (Lipinski definition) is 3. The summed E-state index contributed by atoms with van der Waals surface area (Å²) in [5, 5.41) is 1.12. The lowest BCUT2D eigenvalue weighted by Crippen LogP contribution is -2.47. The lowest BCUT2D eigenvalue weighted by atomic mass is 10.0. The Kier molecular flexibility index (Phi) is 4.98. The van der Waals surface area contributed by atoms with Gasteiger partial charge in [0.1, 0.15) is 0 Å². The van der Waals surface area contributed by atoms with Gasteiger partial charge in [-0.2, -0.15) is 0 Å². The van der Waals surface area contributed by atoms with Crippen molar-refractivity contribution in [1.29, 1.82) is 0 Å². The molecule has 114 valence electrons. The molecule has 2 atom stereocenters. The normalized spacial score (nSPS) is 14.1. The third-order valence-electron chi connectivity index (χ3n) is 3.85. The smallest absolute Gasteiger partial charge is 0.239 e. The van der Waals surface area contributed by atoms with Crippen LogP contribution in [0.15, 0.2) is 30.5 Å². The highest BCUT2D eigenvalue weighted by molar-refractivity contribution is 5.86. The van der Waals surface area contributed by atoms with E-state index in [0.717, 1.165) is 16.5 Å². The van der Waals surface area contributed by atoms with E-state index in [0.29, 0.717) is 13.0 Å². The number of para-hydroxylation sites is 1. The van der Waals surface area contributed by atoms with Crippen molar-refractivity contribution in [3.8, 4) is 0 Å². The molecule has 21 heavy (non-hydrogen) atoms. The molecule has 0 radical (unpaired) electrons. The molecule has 2 rings (SSSR count). The van der Waals surface area contributed by atoms with Crippen molar-refractivity contribution >= 4 is 16.8 Å². The Morgan fingerprint density at radius 1 is 1.43 bits per heavy atom. The van der Waals surface area contributed by atoms with Gasteiger partial charge in [-0.05, 0) is 25.0 Å². The zero-order valence-electron chi connectivity index (χ0n) is 12.8. The lowest BCUT2D eigenvalue weighted by molar-refractivity contribution is -0.133. The largest absolute Gasteiger partial charge is 0.383 e. The summed E-state index contributed by atoms with van der Waals surface area (Å²) in [6.07, 6.45) is 2.45. The van der Waals surface area contributed by atoms with Gasteiger partial charge in [0, 0.05) is 31.3 Å². The molecule has 1 heterocycles. The van der Waals surface area contributed by atoms with E-state index in [1.165, 1.54) is 0 Å². The third kappa shape index (κ3) is 3.43. The zero-order valence-corrected chi connectivity index (χ0v) is 12.8. The second-order valence-electron chi connectivity index (χ2n) is 5.42. The molecule has 5 nitrogen and oxygen atoms in total. The number of carbonyl (C=O) groups excluding carboxylic acids is 1. The van der Waals surface area contributed by atoms with Gasteiger partial charge in [-0.25, -0.2) is 0 Å². The van der Waals surface area contributed by atoms with Crippen molar-refractivity contribution in [1.82, 2.24) is 9.88 Å². The van der Waals surface area contributed by atoms with Gasteiger partial charge in [0.15, 0.2) is 0 Å². The number of aromatic nitrogens is 1. The number of amides is 1. The van der Waals surface area contributed by atoms with Gasteiger partial charge in [0.25, 0.3) is 0 Å². The maximum Gasteiger partial charge on any atom is 0.239 e. The van der Waals surface area contributed by atoms with E-state index in [4.69, 9.17) is 10.5 Å². The van der Waals surface area contributed by atoms with Gasteiger partial charge in [-0.1, -0.05) is 18.2 Å². The number of ether oxygens (including phenoxy) is 1. The van der Waals surface area contributed by atoms with E-state index in [1.54, 1.807) is 19.1 Å². The Balaban J connectivity index is 2.07. The monoisotopic (exact) mass is 289 g/mol. The molecule has 5 heteroatoms. The number of fused-ring (bicyclic) bond motifs is 1. The van der Waals surface area contributed by atoms with Crippen LogP contribution in [0.1, 0.15) is 12.5 Å². The number of rotatable bonds is 6. The summed E-state index contributed by atoms with van der Waals surface area (Å²) < 4.78 is 5.08. The van der Waals surface area contributed by atoms with Gasteiger partial charge in [-0.15, -0.1) is 0 Å². The number of carbonyl (C=O) groups is 1. The van der Waals surface area contributed by atoms with Crippen molar-refractivity contribution in [2.24, 2.45) is 5.73 Å². The van der Waals surface area contributed by atoms with Crippen molar-refractivity contribution in [3.63, 3.8) is 0 Å². The molecule has 0 saturated carbocycles. The Bertz CT molecular complexity index is 608. The second kappa shape index (κ2) is 6.74. The number of benzene rings is 1. The van der Waals surface area contributed by atoms with E-state index in [1.807, 2.05) is 37.4 Å². The maximum atomic E-state index is 12.4. The first-order chi connectivity index (χ1) is 10.0. The Labute approximate surface area is 125 Å². The highest BCUT2D eigenvalue weighted by atomic mass is 16.5. The van der Waals surface area contributed by atoms with Crippen LogP contribution in [0.3, 0.4) is 0 Å². The number of H-pyrrole nitrogens is 1. The van der Waals surface area contributed by atoms with Crippen LogP contribution >= 0.6 is 0 Å². The van der Waals surface area contributed by atoms with E-state index < -0.39 is 6.04 Å². The molecule has 0 saturated heterocycles. The van der Waals surface area contributed by atoms with Crippen LogP contribution in [-0.4, -0.2) is 48.6 Å². The zero-order chi connectivity index (χ0) is 15.4. The third-order valence-corrected chi connectivity index (χ3v) is 3.85. The predicted octanol–water partition coefficient (Wildman–Crippen LogP) is 1.53. The molecule has 0 bridgehead atoms. The van der Waals surface area contributed by atoms with E-state index in [-0.39, 0.29) is 11.9 Å². The summed E-state index contributed by atoms with van der Waals surface area (Å²) in [6.45, 7) is 2.45. The van der Waals surface area contributed by atoms with E-state index in [9.17, 15) is 4.79 Å². The summed E-state index contributed by atoms with van der Waals surface area (Å²) in [4.78, 5) is 17.2. The first-order valence-electron chi connectivity index (χ1n) is 7.10. The SMILES string of the molecule is COCC(C)N(C)C(=O)C(N)Cc1c[nH]c2ccccc12. The van der Waals surface area contributed by atoms with E-state index in [2.05, 4.69) is 4.98 Å². The standard InChI is InChI=1S/C16H23N3O2/c1-11(10-21-3)19(2)16(20)14(17)8-12-9-18-15-7-5-4-6-13(12)15/h4-7,9,11,14,18H,8,10,17H2,1-3H3. The van der Waals surface area contributed by atoms with Crippen LogP contribution in [0, 0.1) is 0 Å². The highest BCUT2D eigenvalue weighted by Gasteiger charge is 2.23. The van der Waals surface area contributed by atoms with Crippen molar-refractivity contribution < 1.29 is 9.53 Å². The summed E-state index contributed by atoms with van der Waals surface area (Å²) >= 11 is 0. The number of hydrogen-bond donors (Lipinski definition) is 2. The Morgan fingerprint density at radius 3 is 2.86 bits per heavy atom. The van der Waals surface area contributed by atoms with Crippen molar-refractivity contribution in [3.05, 3.63) is 36.0 Å². The first-order valence-corrected chi connectivity index (χ1v) is 7.10. The molecule has 2 aromatic rings. The topological polar surface area (TPSA) is 71.3 Å². The molecule has 2 unspecified atom stereocenters. The summed E-state index contributed by atoms with van der Waals surface area (Å²) in [7, 11) is 3.39. The molecule has 1 amide bonds. The average Bonchev–Trinajstić information content (AvgIpc) is 2.89. The Hall–Kier alpha value is -1.85. The number of nitrogens with zero attached hydrogens (tertiary/aromatic N) is 1. The van der Waals surface area contributed by atoms with Crippen LogP contribution in [-0.2, 0) is 16.0 Å². The fraction of sp³-hybridized carbons (Fsp3) is 0.438. The van der Waals surface area contributed by atoms with Gasteiger partial charge in [0.05, 0.1) is 18.7 Å². The maximum absolute atomic E-state index is 12.4. The van der Waals surface area contributed by atoms with E-state index >= 15 is 0 Å². The minimum absolute atomic E-state index is 0.0107. The average molecular weight is 289 g/mol. The summed E-state index contributed by atoms with van der Waals surface area (Å²) in [5.74, 6) is -0.0650. The number of likely N-dealkylation sites (N-methyl/N-ethyl adjacent to an activating group) is 1. The molecular weight excluding hydrogens is 266 g/mol. The van der Waals surface area contributed by atoms with Gasteiger partial charge >= 0.3 is 0 Å². The fourth-order valence-corrected chi connectivity index (χ4v) is 2.46. The quantitative estimate of drug-likeness (QED) is 0.847. The Morgan fingerprint density at radius 2 is 2.14 bits per heavy atom. The van der Waals surface area contributed by atoms with Crippen molar-refractivity contribution in [2.75, 3.05) is 20.8 Å². The van der Waals surface area contributed by atoms with Crippen LogP contribution in [0.4, 0.5) is 0 Å². The number of methoxy groups -OCH3 is 1. The molecular formula is C16H23N3O2. The first kappa shape index (κ1) is 15.5. The van der Waals surface area contributed by atoms with Gasteiger partial charge in [0.2, 0.25) is 5.91 Å². The molecule has 0 aliphatic carbocycles. The number of nitrogens with two attached hydrogens (primary N) is 1. The van der Waals surface area contributed by atoms with Crippen molar-refractivity contribution in [2.45, 2.75) is 25.4 Å². The summed E-state index contributed by atoms with van der Waals surface area (Å²) in [5.41, 5.74) is 8.22. The molecule has 0 aliphatic rings. The molecule has 0 fully saturated rings. The molecule has 1 aromatic heterocycles. The van der Waals surface area contributed by atoms with Crippen LogP contribution in [0.25, 0.3) is 10.9 Å². The number of nitrogens with one attached hydrogen (secondary N) is 1. The lowest BCUT2D eigenvalue weighted by Gasteiger charge is -2.27. The van der Waals surface area contributed by atoms with Crippen LogP contribution in [0.5, 0.6) is 0 Å². The second-order valence-corrected chi connectivity index (χ2v) is 5.42. The minimum atomic E-state index is -0.548. The number of aromatic amines is 1. The minimum Gasteiger partial charge on any atom is -0.383 e. The van der Waals surface area contributed by atoms with Crippen LogP contribution in [0.2, 0.25) is 0 Å². The van der Waals surface area contributed by atoms with Crippen LogP contribution < -0.4 is 5.73 Å². The summed E-state index contributed by atoms with van der Waals surface area (Å²) in [6, 6.07) is 7.48. The van der Waals surface area contributed by atoms with Gasteiger partial charge in [-0.3, -0.25) is 4.79 Å². The molecule has 0 spiro atoms. The predicted molar refractivity (Wildman–Crippen MR) is 84.1 cm³/mol. The molecule has 0 aliphatic heterocycles. The molecule has 1 aromatic carbocycles. The van der Waals surface area contributed by atoms with Gasteiger partial charge < -0.3 is 20.4 Å². The highest BCUT2D eigenvalue weighted by Crippen LogP contribution is 2.19. The fourth-order valence-electron chi connectivity index (χ4n) is 2.46.